The van der Waals surface area contributed by atoms with E-state index < -0.39 is 5.54 Å². The monoisotopic (exact) mass is 299 g/mol. The number of hydrogen-bond donors (Lipinski definition) is 2. The Bertz CT molecular complexity index is 246. The van der Waals surface area contributed by atoms with Crippen molar-refractivity contribution in [1.82, 2.24) is 10.2 Å². The Morgan fingerprint density at radius 1 is 1.33 bits per heavy atom. The molecule has 4 nitrogen and oxygen atoms in total. The highest BCUT2D eigenvalue weighted by Crippen LogP contribution is 2.32. The van der Waals surface area contributed by atoms with Crippen molar-refractivity contribution in [2.24, 2.45) is 11.7 Å². The van der Waals surface area contributed by atoms with Crippen LogP contribution in [0, 0.1) is 5.92 Å². The van der Waals surface area contributed by atoms with Crippen LogP contribution in [0.4, 0.5) is 0 Å². The number of carbonyl (C=O) groups excluding carboxylic acids is 1. The van der Waals surface area contributed by atoms with Crippen molar-refractivity contribution in [3.8, 4) is 0 Å². The molecule has 0 aromatic heterocycles. The second-order valence-corrected chi connectivity index (χ2v) is 5.72. The van der Waals surface area contributed by atoms with Crippen LogP contribution in [0.25, 0.3) is 0 Å². The summed E-state index contributed by atoms with van der Waals surface area (Å²) in [6.07, 6.45) is 2.66. The first-order chi connectivity index (χ1) is 7.33. The van der Waals surface area contributed by atoms with Gasteiger partial charge in [-0.1, -0.05) is 13.8 Å². The molecule has 0 saturated heterocycles. The van der Waals surface area contributed by atoms with Crippen LogP contribution in [0.15, 0.2) is 0 Å². The van der Waals surface area contributed by atoms with E-state index in [9.17, 15) is 4.79 Å². The maximum absolute atomic E-state index is 11.8. The lowest BCUT2D eigenvalue weighted by molar-refractivity contribution is -0.124. The number of halogens is 2. The normalized spacial score (nSPS) is 17.7. The topological polar surface area (TPSA) is 58.4 Å². The number of likely N-dealkylation sites (N-methyl/N-ethyl adjacent to an activating group) is 1. The summed E-state index contributed by atoms with van der Waals surface area (Å²) in [6.45, 7) is 5.22. The SMILES string of the molecule is CC(C)CC(CN(C)C)NC(=O)C1(N)CC1.Cl.Cl. The van der Waals surface area contributed by atoms with E-state index >= 15 is 0 Å². The zero-order valence-corrected chi connectivity index (χ0v) is 13.4. The number of nitrogens with zero attached hydrogens (tertiary/aromatic N) is 1. The van der Waals surface area contributed by atoms with Crippen molar-refractivity contribution in [2.75, 3.05) is 20.6 Å². The van der Waals surface area contributed by atoms with Crippen LogP contribution in [0.1, 0.15) is 33.1 Å². The van der Waals surface area contributed by atoms with Gasteiger partial charge in [-0.25, -0.2) is 0 Å². The molecule has 0 radical (unpaired) electrons. The molecule has 6 heteroatoms. The average Bonchev–Trinajstić information content (AvgIpc) is 2.82. The molecule has 18 heavy (non-hydrogen) atoms. The summed E-state index contributed by atoms with van der Waals surface area (Å²) in [6, 6.07) is 0.212. The Balaban J connectivity index is 0. The number of nitrogens with one attached hydrogen (secondary N) is 1. The van der Waals surface area contributed by atoms with Gasteiger partial charge in [0, 0.05) is 12.6 Å². The minimum Gasteiger partial charge on any atom is -0.350 e. The van der Waals surface area contributed by atoms with E-state index in [1.807, 2.05) is 14.1 Å². The van der Waals surface area contributed by atoms with Gasteiger partial charge in [-0.3, -0.25) is 4.79 Å². The van der Waals surface area contributed by atoms with E-state index in [4.69, 9.17) is 5.73 Å². The maximum atomic E-state index is 11.8. The van der Waals surface area contributed by atoms with Crippen molar-refractivity contribution >= 4 is 30.7 Å². The molecule has 0 heterocycles. The second-order valence-electron chi connectivity index (χ2n) is 5.72. The molecule has 0 aromatic carbocycles. The maximum Gasteiger partial charge on any atom is 0.240 e. The van der Waals surface area contributed by atoms with E-state index in [2.05, 4.69) is 24.1 Å². The van der Waals surface area contributed by atoms with E-state index in [1.165, 1.54) is 0 Å². The molecule has 1 unspecified atom stereocenters. The van der Waals surface area contributed by atoms with E-state index in [-0.39, 0.29) is 36.8 Å². The van der Waals surface area contributed by atoms with Crippen LogP contribution >= 0.6 is 24.8 Å². The molecule has 1 saturated carbocycles. The van der Waals surface area contributed by atoms with Crippen LogP contribution in [-0.4, -0.2) is 43.0 Å². The molecule has 1 amide bonds. The zero-order chi connectivity index (χ0) is 12.3. The zero-order valence-electron chi connectivity index (χ0n) is 11.7. The van der Waals surface area contributed by atoms with E-state index in [1.54, 1.807) is 0 Å². The summed E-state index contributed by atoms with van der Waals surface area (Å²) in [5, 5.41) is 3.08. The molecule has 1 fully saturated rings. The first-order valence-corrected chi connectivity index (χ1v) is 6.08. The smallest absolute Gasteiger partial charge is 0.240 e. The van der Waals surface area contributed by atoms with Crippen molar-refractivity contribution in [1.29, 1.82) is 0 Å². The molecule has 1 atom stereocenters. The fraction of sp³-hybridized carbons (Fsp3) is 0.917. The van der Waals surface area contributed by atoms with Crippen LogP contribution in [0.2, 0.25) is 0 Å². The summed E-state index contributed by atoms with van der Waals surface area (Å²) < 4.78 is 0. The quantitative estimate of drug-likeness (QED) is 0.780. The third-order valence-corrected chi connectivity index (χ3v) is 2.92. The van der Waals surface area contributed by atoms with Gasteiger partial charge < -0.3 is 16.0 Å². The highest BCUT2D eigenvalue weighted by Gasteiger charge is 2.46. The average molecular weight is 300 g/mol. The Morgan fingerprint density at radius 3 is 2.17 bits per heavy atom. The molecule has 1 rings (SSSR count). The summed E-state index contributed by atoms with van der Waals surface area (Å²) in [5.41, 5.74) is 5.32. The minimum absolute atomic E-state index is 0. The fourth-order valence-corrected chi connectivity index (χ4v) is 1.88. The molecule has 1 aliphatic carbocycles. The standard InChI is InChI=1S/C12H25N3O.2ClH/c1-9(2)7-10(8-15(3)4)14-11(16)12(13)5-6-12;;/h9-10H,5-8,13H2,1-4H3,(H,14,16);2*1H. The highest BCUT2D eigenvalue weighted by molar-refractivity contribution is 5.89. The second kappa shape index (κ2) is 8.20. The molecule has 1 aliphatic rings. The Morgan fingerprint density at radius 2 is 1.83 bits per heavy atom. The van der Waals surface area contributed by atoms with Gasteiger partial charge in [0.15, 0.2) is 0 Å². The first kappa shape index (κ1) is 20.3. The van der Waals surface area contributed by atoms with Crippen molar-refractivity contribution in [3.05, 3.63) is 0 Å². The predicted octanol–water partition coefficient (Wildman–Crippen LogP) is 1.41. The van der Waals surface area contributed by atoms with Gasteiger partial charge in [-0.2, -0.15) is 0 Å². The Labute approximate surface area is 123 Å². The van der Waals surface area contributed by atoms with Gasteiger partial charge in [0.2, 0.25) is 5.91 Å². The molecule has 110 valence electrons. The van der Waals surface area contributed by atoms with Crippen LogP contribution < -0.4 is 11.1 Å². The van der Waals surface area contributed by atoms with Crippen molar-refractivity contribution in [2.45, 2.75) is 44.7 Å². The number of carbonyl (C=O) groups is 1. The number of rotatable bonds is 6. The predicted molar refractivity (Wildman–Crippen MR) is 80.6 cm³/mol. The van der Waals surface area contributed by atoms with Gasteiger partial charge in [0.05, 0.1) is 5.54 Å². The fourth-order valence-electron chi connectivity index (χ4n) is 1.88. The summed E-state index contributed by atoms with van der Waals surface area (Å²) in [5.74, 6) is 0.609. The lowest BCUT2D eigenvalue weighted by atomic mass is 10.0. The summed E-state index contributed by atoms with van der Waals surface area (Å²) in [7, 11) is 4.05. The molecule has 0 spiro atoms. The van der Waals surface area contributed by atoms with Crippen molar-refractivity contribution in [3.63, 3.8) is 0 Å². The van der Waals surface area contributed by atoms with E-state index in [0.29, 0.717) is 5.92 Å². The van der Waals surface area contributed by atoms with Gasteiger partial charge in [0.25, 0.3) is 0 Å². The Kier molecular flexibility index (Phi) is 9.25. The van der Waals surface area contributed by atoms with Gasteiger partial charge in [-0.15, -0.1) is 24.8 Å². The number of hydrogen-bond acceptors (Lipinski definition) is 3. The molecule has 0 aromatic rings. The third kappa shape index (κ3) is 6.78. The summed E-state index contributed by atoms with van der Waals surface area (Å²) in [4.78, 5) is 13.9. The van der Waals surface area contributed by atoms with Crippen LogP contribution in [0.3, 0.4) is 0 Å². The van der Waals surface area contributed by atoms with Gasteiger partial charge in [-0.05, 0) is 39.3 Å². The number of nitrogens with two attached hydrogens (primary N) is 1. The lowest BCUT2D eigenvalue weighted by Gasteiger charge is -2.25. The van der Waals surface area contributed by atoms with Gasteiger partial charge >= 0.3 is 0 Å². The van der Waals surface area contributed by atoms with Crippen LogP contribution in [-0.2, 0) is 4.79 Å². The molecular weight excluding hydrogens is 273 g/mol. The van der Waals surface area contributed by atoms with Gasteiger partial charge in [0.1, 0.15) is 0 Å². The van der Waals surface area contributed by atoms with E-state index in [0.717, 1.165) is 25.8 Å². The molecular formula is C12H27Cl2N3O. The molecule has 3 N–H and O–H groups in total. The minimum atomic E-state index is -0.554. The molecule has 0 bridgehead atoms. The third-order valence-electron chi connectivity index (χ3n) is 2.92. The number of amides is 1. The summed E-state index contributed by atoms with van der Waals surface area (Å²) >= 11 is 0. The van der Waals surface area contributed by atoms with Crippen molar-refractivity contribution < 1.29 is 4.79 Å². The first-order valence-electron chi connectivity index (χ1n) is 6.08. The lowest BCUT2D eigenvalue weighted by Crippen LogP contribution is -2.50. The largest absolute Gasteiger partial charge is 0.350 e. The Hall–Kier alpha value is -0.0300. The molecule has 0 aliphatic heterocycles. The highest BCUT2D eigenvalue weighted by atomic mass is 35.5. The van der Waals surface area contributed by atoms with Crippen LogP contribution in [0.5, 0.6) is 0 Å².